The predicted octanol–water partition coefficient (Wildman–Crippen LogP) is 2.95. The Morgan fingerprint density at radius 3 is 2.31 bits per heavy atom. The van der Waals surface area contributed by atoms with Crippen molar-refractivity contribution in [3.63, 3.8) is 0 Å². The van der Waals surface area contributed by atoms with Crippen LogP contribution in [0.1, 0.15) is 67.2 Å². The van der Waals surface area contributed by atoms with Gasteiger partial charge in [-0.05, 0) is 37.3 Å². The van der Waals surface area contributed by atoms with Crippen LogP contribution in [-0.2, 0) is 23.9 Å². The zero-order chi connectivity index (χ0) is 19.3. The number of hydrogen-bond acceptors (Lipinski definition) is 5. The Labute approximate surface area is 154 Å². The Hall–Kier alpha value is -1.33. The average molecular weight is 360 g/mol. The number of hydrogen-bond donors (Lipinski definition) is 0. The number of ketones is 3. The molecular weight excluding hydrogens is 332 g/mol. The number of ether oxygens (including phenoxy) is 2. The second kappa shape index (κ2) is 4.93. The Bertz CT molecular complexity index is 772. The molecule has 5 atom stereocenters. The van der Waals surface area contributed by atoms with Crippen LogP contribution in [0.4, 0.5) is 0 Å². The second-order valence-corrected chi connectivity index (χ2v) is 9.97. The first-order chi connectivity index (χ1) is 11.8. The maximum Gasteiger partial charge on any atom is 0.165 e. The molecule has 26 heavy (non-hydrogen) atoms. The van der Waals surface area contributed by atoms with Gasteiger partial charge in [-0.3, -0.25) is 14.4 Å². The van der Waals surface area contributed by atoms with Gasteiger partial charge < -0.3 is 9.47 Å². The van der Waals surface area contributed by atoms with Gasteiger partial charge in [0.25, 0.3) is 0 Å². The topological polar surface area (TPSA) is 73.0 Å². The van der Waals surface area contributed by atoms with Crippen LogP contribution in [0.3, 0.4) is 0 Å². The Balaban J connectivity index is 1.83. The summed E-state index contributed by atoms with van der Waals surface area (Å²) in [5.41, 5.74) is -1.30. The number of rotatable bonds is 0. The van der Waals surface area contributed by atoms with Crippen LogP contribution in [0.5, 0.6) is 0 Å². The molecule has 3 heterocycles. The number of Topliss-reactive ketones (excluding diaryl/α,β-unsaturated/α-hetero) is 3. The zero-order valence-electron chi connectivity index (χ0n) is 16.5. The standard InChI is InChI=1S/C21H28O5/c1-11-13-9-19(5)16(24)7-12(18(2,3)4)14(22)8-17-20(6,25-17)21(13,26-19)10-15(11)23/h12,17H,7-10H2,1-6H3/t12-,17-,19-,20-,21+/m1/s1. The Kier molecular flexibility index (Phi) is 3.42. The minimum Gasteiger partial charge on any atom is -0.362 e. The molecule has 5 nitrogen and oxygen atoms in total. The van der Waals surface area contributed by atoms with Gasteiger partial charge in [-0.2, -0.15) is 0 Å². The van der Waals surface area contributed by atoms with E-state index in [-0.39, 0.29) is 54.0 Å². The fourth-order valence-electron chi connectivity index (χ4n) is 5.28. The minimum absolute atomic E-state index is 0.0463. The molecule has 4 aliphatic rings. The summed E-state index contributed by atoms with van der Waals surface area (Å²) in [6.45, 7) is 11.6. The molecule has 0 amide bonds. The van der Waals surface area contributed by atoms with E-state index in [2.05, 4.69) is 0 Å². The van der Waals surface area contributed by atoms with Gasteiger partial charge in [0.1, 0.15) is 22.6 Å². The summed E-state index contributed by atoms with van der Waals surface area (Å²) in [7, 11) is 0. The molecule has 0 radical (unpaired) electrons. The summed E-state index contributed by atoms with van der Waals surface area (Å²) in [4.78, 5) is 38.7. The van der Waals surface area contributed by atoms with Gasteiger partial charge in [-0.25, -0.2) is 0 Å². The van der Waals surface area contributed by atoms with Crippen molar-refractivity contribution < 1.29 is 23.9 Å². The molecule has 3 aliphatic heterocycles. The van der Waals surface area contributed by atoms with Crippen molar-refractivity contribution in [3.05, 3.63) is 11.1 Å². The molecule has 5 heteroatoms. The maximum atomic E-state index is 13.2. The van der Waals surface area contributed by atoms with Gasteiger partial charge >= 0.3 is 0 Å². The molecule has 0 aromatic heterocycles. The summed E-state index contributed by atoms with van der Waals surface area (Å²) in [5.74, 6) is -0.265. The second-order valence-electron chi connectivity index (χ2n) is 9.97. The van der Waals surface area contributed by atoms with Crippen LogP contribution < -0.4 is 0 Å². The van der Waals surface area contributed by atoms with Crippen molar-refractivity contribution in [1.82, 2.24) is 0 Å². The fraction of sp³-hybridized carbons (Fsp3) is 0.762. The van der Waals surface area contributed by atoms with Crippen molar-refractivity contribution >= 4 is 17.3 Å². The molecule has 3 saturated heterocycles. The minimum atomic E-state index is -1.00. The monoisotopic (exact) mass is 360 g/mol. The number of fused-ring (bicyclic) bond motifs is 2. The summed E-state index contributed by atoms with van der Waals surface area (Å²) in [6.07, 6.45) is 0.817. The van der Waals surface area contributed by atoms with Crippen LogP contribution in [-0.4, -0.2) is 40.3 Å². The van der Waals surface area contributed by atoms with E-state index in [0.29, 0.717) is 12.0 Å². The molecule has 142 valence electrons. The lowest BCUT2D eigenvalue weighted by Gasteiger charge is -2.37. The molecule has 0 aromatic rings. The molecule has 1 aliphatic carbocycles. The average Bonchev–Trinajstić information content (AvgIpc) is 2.96. The van der Waals surface area contributed by atoms with Crippen molar-refractivity contribution in [1.29, 1.82) is 0 Å². The smallest absolute Gasteiger partial charge is 0.165 e. The Morgan fingerprint density at radius 2 is 1.69 bits per heavy atom. The van der Waals surface area contributed by atoms with Crippen molar-refractivity contribution in [2.24, 2.45) is 11.3 Å². The van der Waals surface area contributed by atoms with Gasteiger partial charge in [0, 0.05) is 31.6 Å². The van der Waals surface area contributed by atoms with E-state index in [1.165, 1.54) is 0 Å². The number of epoxide rings is 1. The van der Waals surface area contributed by atoms with E-state index in [1.807, 2.05) is 41.5 Å². The highest BCUT2D eigenvalue weighted by Crippen LogP contribution is 2.63. The highest BCUT2D eigenvalue weighted by Gasteiger charge is 2.75. The number of carbonyl (C=O) groups excluding carboxylic acids is 3. The maximum absolute atomic E-state index is 13.2. The van der Waals surface area contributed by atoms with Crippen molar-refractivity contribution in [3.8, 4) is 0 Å². The van der Waals surface area contributed by atoms with Crippen molar-refractivity contribution in [2.75, 3.05) is 0 Å². The van der Waals surface area contributed by atoms with E-state index in [9.17, 15) is 14.4 Å². The lowest BCUT2D eigenvalue weighted by atomic mass is 9.72. The van der Waals surface area contributed by atoms with Gasteiger partial charge in [0.2, 0.25) is 0 Å². The third kappa shape index (κ3) is 2.13. The summed E-state index contributed by atoms with van der Waals surface area (Å²) >= 11 is 0. The predicted molar refractivity (Wildman–Crippen MR) is 94.6 cm³/mol. The van der Waals surface area contributed by atoms with E-state index in [0.717, 1.165) is 5.57 Å². The zero-order valence-corrected chi connectivity index (χ0v) is 16.5. The van der Waals surface area contributed by atoms with Gasteiger partial charge in [0.05, 0.1) is 6.10 Å². The van der Waals surface area contributed by atoms with E-state index < -0.39 is 16.8 Å². The Morgan fingerprint density at radius 1 is 1.04 bits per heavy atom. The third-order valence-corrected chi connectivity index (χ3v) is 7.23. The van der Waals surface area contributed by atoms with Crippen molar-refractivity contribution in [2.45, 2.75) is 90.1 Å². The summed E-state index contributed by atoms with van der Waals surface area (Å²) in [5, 5.41) is 0. The molecule has 2 bridgehead atoms. The first kappa shape index (κ1) is 18.1. The van der Waals surface area contributed by atoms with E-state index >= 15 is 0 Å². The molecule has 0 unspecified atom stereocenters. The van der Waals surface area contributed by atoms with Crippen LogP contribution >= 0.6 is 0 Å². The lowest BCUT2D eigenvalue weighted by Crippen LogP contribution is -2.50. The molecule has 0 saturated carbocycles. The van der Waals surface area contributed by atoms with E-state index in [4.69, 9.17) is 9.47 Å². The number of allylic oxidation sites excluding steroid dienone is 1. The largest absolute Gasteiger partial charge is 0.362 e. The molecular formula is C21H28O5. The van der Waals surface area contributed by atoms with Crippen LogP contribution in [0.15, 0.2) is 11.1 Å². The van der Waals surface area contributed by atoms with Crippen LogP contribution in [0.25, 0.3) is 0 Å². The molecule has 3 fully saturated rings. The molecule has 0 N–H and O–H groups in total. The van der Waals surface area contributed by atoms with Crippen LogP contribution in [0.2, 0.25) is 0 Å². The van der Waals surface area contributed by atoms with Gasteiger partial charge in [-0.1, -0.05) is 20.8 Å². The highest BCUT2D eigenvalue weighted by molar-refractivity contribution is 6.02. The highest BCUT2D eigenvalue weighted by atomic mass is 16.7. The SMILES string of the molecule is CC1=C2C[C@@]3(C)O[C@]2(CC1=O)[C@]1(C)O[C@@H]1CC(=O)[C@H](C(C)(C)C)CC3=O. The molecule has 0 aromatic carbocycles. The van der Waals surface area contributed by atoms with E-state index in [1.54, 1.807) is 0 Å². The normalized spacial score (nSPS) is 45.7. The quantitative estimate of drug-likeness (QED) is 0.621. The molecule has 4 rings (SSSR count). The third-order valence-electron chi connectivity index (χ3n) is 7.23. The first-order valence-electron chi connectivity index (χ1n) is 9.51. The van der Waals surface area contributed by atoms with Gasteiger partial charge in [-0.15, -0.1) is 0 Å². The fourth-order valence-corrected chi connectivity index (χ4v) is 5.28. The molecule has 1 spiro atoms. The summed E-state index contributed by atoms with van der Waals surface area (Å²) in [6, 6.07) is 0. The summed E-state index contributed by atoms with van der Waals surface area (Å²) < 4.78 is 12.5. The lowest BCUT2D eigenvalue weighted by molar-refractivity contribution is -0.162. The van der Waals surface area contributed by atoms with Gasteiger partial charge in [0.15, 0.2) is 11.6 Å². The van der Waals surface area contributed by atoms with Crippen LogP contribution in [0, 0.1) is 11.3 Å². The first-order valence-corrected chi connectivity index (χ1v) is 9.51. The number of carbonyl (C=O) groups is 3.